The van der Waals surface area contributed by atoms with Crippen LogP contribution in [0.3, 0.4) is 0 Å². The molecule has 6 heterocycles. The molecule has 0 bridgehead atoms. The second kappa shape index (κ2) is 20.1. The number of nitrogens with zero attached hydrogens (tertiary/aromatic N) is 9. The average molecular weight is 1020 g/mol. The van der Waals surface area contributed by atoms with Crippen LogP contribution in [-0.2, 0) is 13.1 Å². The summed E-state index contributed by atoms with van der Waals surface area (Å²) in [7, 11) is 2.15. The standard InChI is InChI=1S/C27H28BrFN6O.C21H14BrFN6O/c1-34-14-4-5-20(34)12-13-30-27(36)19-10-8-18(9-11-19)16-31-25-15-24(21-6-2-3-7-23(21)29)33-26-22(28)17-32-35(25)26;22-16-11-26-29-19(9-18(27-21(16)29)15-3-1-2-4-17(15)23)24-10-13-5-7-14(8-6-13)20-25-12-30-28-20/h2-3,6-11,15,17,20,31H,4-5,12-14,16H2,1H3,(H,30,36);1-9,11-12,24H,10H2. The maximum Gasteiger partial charge on any atom is 0.251 e. The monoisotopic (exact) mass is 1010 g/mol. The van der Waals surface area contributed by atoms with E-state index in [0.717, 1.165) is 38.6 Å². The van der Waals surface area contributed by atoms with Crippen LogP contribution >= 0.6 is 31.9 Å². The predicted octanol–water partition coefficient (Wildman–Crippen LogP) is 10.1. The molecule has 1 fully saturated rings. The van der Waals surface area contributed by atoms with Gasteiger partial charge in [-0.2, -0.15) is 24.2 Å². The molecule has 9 aromatic rings. The summed E-state index contributed by atoms with van der Waals surface area (Å²) in [5.41, 5.74) is 6.65. The molecular weight excluding hydrogens is 974 g/mol. The quantitative estimate of drug-likeness (QED) is 0.101. The van der Waals surface area contributed by atoms with Crippen molar-refractivity contribution in [3.05, 3.63) is 165 Å². The van der Waals surface area contributed by atoms with E-state index in [1.54, 1.807) is 70.0 Å². The lowest BCUT2D eigenvalue weighted by molar-refractivity contribution is 0.0950. The van der Waals surface area contributed by atoms with Gasteiger partial charge in [0.15, 0.2) is 11.3 Å². The van der Waals surface area contributed by atoms with Crippen LogP contribution in [0.5, 0.6) is 0 Å². The number of carbonyl (C=O) groups excluding carboxylic acids is 1. The Labute approximate surface area is 394 Å². The topological polar surface area (TPSA) is 156 Å². The SMILES string of the molecule is CN1CCCC1CCNC(=O)c1ccc(CNc2cc(-c3ccccc3F)nc3c(Br)cnn23)cc1.Fc1ccccc1-c1cc(NCc2ccc(-c3ncon3)cc2)n2ncc(Br)c2n1. The normalized spacial score (nSPS) is 13.7. The predicted molar refractivity (Wildman–Crippen MR) is 256 cm³/mol. The van der Waals surface area contributed by atoms with Gasteiger partial charge in [0.1, 0.15) is 23.3 Å². The maximum absolute atomic E-state index is 14.4. The van der Waals surface area contributed by atoms with Gasteiger partial charge in [0, 0.05) is 60.1 Å². The van der Waals surface area contributed by atoms with Gasteiger partial charge in [0.25, 0.3) is 5.91 Å². The highest BCUT2D eigenvalue weighted by Crippen LogP contribution is 2.30. The van der Waals surface area contributed by atoms with Crippen LogP contribution < -0.4 is 16.0 Å². The lowest BCUT2D eigenvalue weighted by Crippen LogP contribution is -2.31. The van der Waals surface area contributed by atoms with E-state index in [1.165, 1.54) is 31.4 Å². The van der Waals surface area contributed by atoms with Crippen molar-refractivity contribution in [3.8, 4) is 33.9 Å². The van der Waals surface area contributed by atoms with E-state index in [2.05, 4.69) is 90.1 Å². The highest BCUT2D eigenvalue weighted by atomic mass is 79.9. The van der Waals surface area contributed by atoms with Crippen LogP contribution in [0.25, 0.3) is 45.2 Å². The second-order valence-electron chi connectivity index (χ2n) is 15.6. The molecule has 1 amide bonds. The molecule has 0 spiro atoms. The van der Waals surface area contributed by atoms with Crippen molar-refractivity contribution >= 4 is 60.7 Å². The number of likely N-dealkylation sites (tertiary alicyclic amines) is 1. The highest BCUT2D eigenvalue weighted by molar-refractivity contribution is 9.11. The molecule has 1 atom stereocenters. The molecule has 1 aliphatic heterocycles. The first-order chi connectivity index (χ1) is 32.2. The van der Waals surface area contributed by atoms with Crippen molar-refractivity contribution in [2.75, 3.05) is 30.8 Å². The van der Waals surface area contributed by atoms with E-state index >= 15 is 0 Å². The first kappa shape index (κ1) is 44.3. The van der Waals surface area contributed by atoms with Crippen molar-refractivity contribution in [3.63, 3.8) is 0 Å². The third kappa shape index (κ3) is 10.00. The van der Waals surface area contributed by atoms with Crippen molar-refractivity contribution in [1.29, 1.82) is 0 Å². The highest BCUT2D eigenvalue weighted by Gasteiger charge is 2.21. The molecule has 14 nitrogen and oxygen atoms in total. The minimum Gasteiger partial charge on any atom is -0.366 e. The largest absolute Gasteiger partial charge is 0.366 e. The molecule has 66 heavy (non-hydrogen) atoms. The molecule has 1 aliphatic rings. The number of hydrogen-bond donors (Lipinski definition) is 3. The zero-order valence-corrected chi connectivity index (χ0v) is 38.7. The van der Waals surface area contributed by atoms with E-state index in [0.29, 0.717) is 82.5 Å². The number of aromatic nitrogens is 8. The molecule has 3 N–H and O–H groups in total. The number of carbonyl (C=O) groups is 1. The van der Waals surface area contributed by atoms with Crippen molar-refractivity contribution in [2.45, 2.75) is 38.4 Å². The van der Waals surface area contributed by atoms with E-state index < -0.39 is 0 Å². The number of fused-ring (bicyclic) bond motifs is 2. The number of halogens is 4. The third-order valence-electron chi connectivity index (χ3n) is 11.3. The van der Waals surface area contributed by atoms with Gasteiger partial charge in [0.05, 0.1) is 32.7 Å². The molecule has 334 valence electrons. The van der Waals surface area contributed by atoms with Gasteiger partial charge >= 0.3 is 0 Å². The molecule has 18 heteroatoms. The lowest BCUT2D eigenvalue weighted by Gasteiger charge is -2.19. The summed E-state index contributed by atoms with van der Waals surface area (Å²) < 4.78 is 38.4. The summed E-state index contributed by atoms with van der Waals surface area (Å²) in [6.45, 7) is 2.86. The fourth-order valence-corrected chi connectivity index (χ4v) is 8.46. The van der Waals surface area contributed by atoms with Gasteiger partial charge in [-0.3, -0.25) is 4.79 Å². The Hall–Kier alpha value is -6.89. The molecule has 0 saturated carbocycles. The Balaban J connectivity index is 0.000000169. The molecule has 0 radical (unpaired) electrons. The zero-order valence-electron chi connectivity index (χ0n) is 35.5. The Morgan fingerprint density at radius 2 is 1.30 bits per heavy atom. The maximum atomic E-state index is 14.4. The lowest BCUT2D eigenvalue weighted by atomic mass is 10.1. The summed E-state index contributed by atoms with van der Waals surface area (Å²) >= 11 is 6.94. The summed E-state index contributed by atoms with van der Waals surface area (Å²) in [6.07, 6.45) is 8.04. The van der Waals surface area contributed by atoms with Crippen molar-refractivity contribution in [2.24, 2.45) is 0 Å². The smallest absolute Gasteiger partial charge is 0.251 e. The van der Waals surface area contributed by atoms with Gasteiger partial charge in [-0.15, -0.1) is 0 Å². The van der Waals surface area contributed by atoms with E-state index in [-0.39, 0.29) is 17.5 Å². The second-order valence-corrected chi connectivity index (χ2v) is 17.4. The Kier molecular flexibility index (Phi) is 13.5. The van der Waals surface area contributed by atoms with Gasteiger partial charge in [-0.05, 0) is 112 Å². The summed E-state index contributed by atoms with van der Waals surface area (Å²) in [5, 5.41) is 22.4. The van der Waals surface area contributed by atoms with Gasteiger partial charge in [-0.25, -0.2) is 18.7 Å². The van der Waals surface area contributed by atoms with Gasteiger partial charge in [-0.1, -0.05) is 65.8 Å². The molecule has 1 unspecified atom stereocenters. The Morgan fingerprint density at radius 1 is 0.758 bits per heavy atom. The van der Waals surface area contributed by atoms with Crippen LogP contribution in [0.4, 0.5) is 20.4 Å². The molecule has 0 aliphatic carbocycles. The fraction of sp³-hybridized carbons (Fsp3) is 0.188. The average Bonchev–Trinajstić information content (AvgIpc) is 4.18. The first-order valence-corrected chi connectivity index (χ1v) is 22.8. The van der Waals surface area contributed by atoms with Gasteiger partial charge < -0.3 is 25.4 Å². The number of nitrogens with one attached hydrogen (secondary N) is 3. The Morgan fingerprint density at radius 3 is 1.80 bits per heavy atom. The fourth-order valence-electron chi connectivity index (χ4n) is 7.76. The molecule has 10 rings (SSSR count). The van der Waals surface area contributed by atoms with Crippen molar-refractivity contribution < 1.29 is 18.1 Å². The van der Waals surface area contributed by atoms with Crippen LogP contribution in [0.2, 0.25) is 0 Å². The van der Waals surface area contributed by atoms with Crippen LogP contribution in [0.15, 0.2) is 141 Å². The van der Waals surface area contributed by atoms with Crippen LogP contribution in [-0.4, -0.2) is 76.3 Å². The van der Waals surface area contributed by atoms with Crippen molar-refractivity contribution in [1.82, 2.24) is 49.6 Å². The molecule has 1 saturated heterocycles. The zero-order chi connectivity index (χ0) is 45.6. The first-order valence-electron chi connectivity index (χ1n) is 21.2. The van der Waals surface area contributed by atoms with E-state index in [1.807, 2.05) is 48.5 Å². The molecule has 4 aromatic carbocycles. The van der Waals surface area contributed by atoms with Crippen LogP contribution in [0.1, 0.15) is 40.7 Å². The number of hydrogen-bond acceptors (Lipinski definition) is 11. The minimum absolute atomic E-state index is 0.0538. The third-order valence-corrected chi connectivity index (χ3v) is 12.4. The summed E-state index contributed by atoms with van der Waals surface area (Å²) in [5.74, 6) is 1.21. The number of anilines is 2. The molecular formula is C48H42Br2F2N12O2. The number of amides is 1. The van der Waals surface area contributed by atoms with Crippen LogP contribution in [0, 0.1) is 11.6 Å². The van der Waals surface area contributed by atoms with E-state index in [4.69, 9.17) is 4.52 Å². The summed E-state index contributed by atoms with van der Waals surface area (Å²) in [4.78, 5) is 28.1. The number of rotatable bonds is 13. The summed E-state index contributed by atoms with van der Waals surface area (Å²) in [6, 6.07) is 32.6. The Bertz CT molecular complexity index is 3110. The molecule has 5 aromatic heterocycles. The minimum atomic E-state index is -0.333. The number of benzene rings is 4. The van der Waals surface area contributed by atoms with E-state index in [9.17, 15) is 13.6 Å². The van der Waals surface area contributed by atoms with Gasteiger partial charge in [0.2, 0.25) is 12.2 Å².